The quantitative estimate of drug-likeness (QED) is 0.665. The van der Waals surface area contributed by atoms with Crippen molar-refractivity contribution in [3.63, 3.8) is 0 Å². The van der Waals surface area contributed by atoms with Gasteiger partial charge in [0.15, 0.2) is 0 Å². The van der Waals surface area contributed by atoms with E-state index in [1.54, 1.807) is 0 Å². The standard InChI is InChI=1S/C26H36FNO2Si/c1-25(2,3)31(23-10-6-4-7-11-23,24-12-8-5-9-13-24)30-15-14-21-16-26(20-29)17-22(27)19-28(26)18-21/h4-13,21-22,29H,14-20H2,1-3H3/t21?,22-,26+/m1/s1. The summed E-state index contributed by atoms with van der Waals surface area (Å²) in [7, 11) is -2.51. The van der Waals surface area contributed by atoms with Gasteiger partial charge in [0.05, 0.1) is 6.61 Å². The molecular formula is C26H36FNO2Si. The Morgan fingerprint density at radius 1 is 1.00 bits per heavy atom. The molecule has 2 heterocycles. The lowest BCUT2D eigenvalue weighted by molar-refractivity contribution is 0.0994. The molecule has 2 saturated heterocycles. The van der Waals surface area contributed by atoms with E-state index in [4.69, 9.17) is 4.43 Å². The highest BCUT2D eigenvalue weighted by atomic mass is 28.4. The highest BCUT2D eigenvalue weighted by Gasteiger charge is 2.52. The number of hydrogen-bond acceptors (Lipinski definition) is 3. The number of benzene rings is 2. The maximum absolute atomic E-state index is 13.9. The number of fused-ring (bicyclic) bond motifs is 1. The summed E-state index contributed by atoms with van der Waals surface area (Å²) >= 11 is 0. The topological polar surface area (TPSA) is 32.7 Å². The molecule has 0 bridgehead atoms. The van der Waals surface area contributed by atoms with Gasteiger partial charge in [-0.25, -0.2) is 4.39 Å². The number of hydrogen-bond donors (Lipinski definition) is 1. The Morgan fingerprint density at radius 3 is 2.06 bits per heavy atom. The van der Waals surface area contributed by atoms with E-state index in [0.717, 1.165) is 19.4 Å². The largest absolute Gasteiger partial charge is 0.407 e. The molecule has 3 atom stereocenters. The van der Waals surface area contributed by atoms with Crippen molar-refractivity contribution in [2.24, 2.45) is 5.92 Å². The van der Waals surface area contributed by atoms with E-state index in [0.29, 0.717) is 25.5 Å². The van der Waals surface area contributed by atoms with E-state index >= 15 is 0 Å². The van der Waals surface area contributed by atoms with Crippen LogP contribution in [0.1, 0.15) is 40.0 Å². The molecule has 0 spiro atoms. The molecule has 2 fully saturated rings. The van der Waals surface area contributed by atoms with Gasteiger partial charge in [-0.3, -0.25) is 4.90 Å². The first-order valence-electron chi connectivity index (χ1n) is 11.6. The Labute approximate surface area is 187 Å². The minimum Gasteiger partial charge on any atom is -0.407 e. The molecule has 168 valence electrons. The monoisotopic (exact) mass is 441 g/mol. The minimum atomic E-state index is -2.51. The van der Waals surface area contributed by atoms with Crippen LogP contribution in [0.2, 0.25) is 5.04 Å². The number of aliphatic hydroxyl groups excluding tert-OH is 1. The molecule has 31 heavy (non-hydrogen) atoms. The van der Waals surface area contributed by atoms with Gasteiger partial charge in [-0.1, -0.05) is 81.4 Å². The van der Waals surface area contributed by atoms with Gasteiger partial charge in [0.1, 0.15) is 6.17 Å². The fourth-order valence-corrected chi connectivity index (χ4v) is 10.6. The molecule has 5 heteroatoms. The third-order valence-electron chi connectivity index (χ3n) is 7.39. The maximum Gasteiger partial charge on any atom is 0.261 e. The highest BCUT2D eigenvalue weighted by molar-refractivity contribution is 6.99. The molecule has 0 aliphatic carbocycles. The average Bonchev–Trinajstić information content (AvgIpc) is 3.24. The summed E-state index contributed by atoms with van der Waals surface area (Å²) in [4.78, 5) is 2.19. The number of rotatable bonds is 7. The van der Waals surface area contributed by atoms with Crippen LogP contribution < -0.4 is 10.4 Å². The molecule has 3 nitrogen and oxygen atoms in total. The third-order valence-corrected chi connectivity index (χ3v) is 12.4. The van der Waals surface area contributed by atoms with Crippen molar-refractivity contribution < 1.29 is 13.9 Å². The Hall–Kier alpha value is -1.53. The van der Waals surface area contributed by atoms with Crippen molar-refractivity contribution in [3.05, 3.63) is 60.7 Å². The zero-order valence-electron chi connectivity index (χ0n) is 19.1. The zero-order valence-corrected chi connectivity index (χ0v) is 20.1. The van der Waals surface area contributed by atoms with Crippen LogP contribution in [0.4, 0.5) is 4.39 Å². The van der Waals surface area contributed by atoms with Crippen molar-refractivity contribution in [3.8, 4) is 0 Å². The number of alkyl halides is 1. The van der Waals surface area contributed by atoms with Crippen molar-refractivity contribution in [1.29, 1.82) is 0 Å². The van der Waals surface area contributed by atoms with E-state index in [9.17, 15) is 9.50 Å². The summed E-state index contributed by atoms with van der Waals surface area (Å²) in [5, 5.41) is 12.6. The summed E-state index contributed by atoms with van der Waals surface area (Å²) in [6.45, 7) is 8.97. The fraction of sp³-hybridized carbons (Fsp3) is 0.538. The van der Waals surface area contributed by atoms with Gasteiger partial charge < -0.3 is 9.53 Å². The number of halogens is 1. The second-order valence-electron chi connectivity index (χ2n) is 10.5. The fourth-order valence-electron chi connectivity index (χ4n) is 6.00. The first-order chi connectivity index (χ1) is 14.8. The predicted molar refractivity (Wildman–Crippen MR) is 127 cm³/mol. The normalized spacial score (nSPS) is 26.9. The molecule has 0 amide bonds. The lowest BCUT2D eigenvalue weighted by Crippen LogP contribution is -2.66. The van der Waals surface area contributed by atoms with Crippen LogP contribution in [-0.4, -0.2) is 56.3 Å². The SMILES string of the molecule is CC(C)(C)[Si](OCCC1CN2C[C@H](F)C[C@]2(CO)C1)(c1ccccc1)c1ccccc1. The molecular weight excluding hydrogens is 405 g/mol. The molecule has 2 aliphatic rings. The average molecular weight is 442 g/mol. The lowest BCUT2D eigenvalue weighted by atomic mass is 9.89. The Kier molecular flexibility index (Phi) is 6.41. The van der Waals surface area contributed by atoms with Crippen molar-refractivity contribution >= 4 is 18.7 Å². The maximum atomic E-state index is 13.9. The molecule has 1 unspecified atom stereocenters. The first kappa shape index (κ1) is 22.7. The Morgan fingerprint density at radius 2 is 1.58 bits per heavy atom. The summed E-state index contributed by atoms with van der Waals surface area (Å²) in [5.41, 5.74) is -0.346. The molecule has 0 radical (unpaired) electrons. The van der Waals surface area contributed by atoms with Crippen LogP contribution >= 0.6 is 0 Å². The van der Waals surface area contributed by atoms with Gasteiger partial charge in [0.25, 0.3) is 8.32 Å². The molecule has 2 aromatic carbocycles. The van der Waals surface area contributed by atoms with E-state index in [2.05, 4.69) is 86.3 Å². The van der Waals surface area contributed by atoms with Gasteiger partial charge in [-0.05, 0) is 34.2 Å². The molecule has 0 saturated carbocycles. The van der Waals surface area contributed by atoms with Crippen molar-refractivity contribution in [2.75, 3.05) is 26.3 Å². The van der Waals surface area contributed by atoms with Crippen LogP contribution in [0.5, 0.6) is 0 Å². The zero-order chi connectivity index (χ0) is 22.1. The van der Waals surface area contributed by atoms with E-state index in [-0.39, 0.29) is 17.2 Å². The molecule has 4 rings (SSSR count). The first-order valence-corrected chi connectivity index (χ1v) is 13.5. The van der Waals surface area contributed by atoms with Gasteiger partial charge >= 0.3 is 0 Å². The van der Waals surface area contributed by atoms with E-state index < -0.39 is 14.5 Å². The van der Waals surface area contributed by atoms with Gasteiger partial charge in [-0.2, -0.15) is 0 Å². The van der Waals surface area contributed by atoms with Crippen molar-refractivity contribution in [1.82, 2.24) is 4.90 Å². The van der Waals surface area contributed by atoms with Gasteiger partial charge in [0.2, 0.25) is 0 Å². The predicted octanol–water partition coefficient (Wildman–Crippen LogP) is 3.75. The van der Waals surface area contributed by atoms with Crippen LogP contribution in [0.3, 0.4) is 0 Å². The lowest BCUT2D eigenvalue weighted by Gasteiger charge is -2.43. The summed E-state index contributed by atoms with van der Waals surface area (Å²) < 4.78 is 21.0. The second kappa shape index (κ2) is 8.78. The summed E-state index contributed by atoms with van der Waals surface area (Å²) in [6.07, 6.45) is 1.48. The number of nitrogens with zero attached hydrogens (tertiary/aromatic N) is 1. The van der Waals surface area contributed by atoms with Gasteiger partial charge in [-0.15, -0.1) is 0 Å². The third kappa shape index (κ3) is 4.13. The molecule has 2 aromatic rings. The van der Waals surface area contributed by atoms with Crippen LogP contribution in [0.15, 0.2) is 60.7 Å². The van der Waals surface area contributed by atoms with E-state index in [1.807, 2.05) is 0 Å². The number of aliphatic hydroxyl groups is 1. The van der Waals surface area contributed by atoms with Crippen LogP contribution in [0, 0.1) is 5.92 Å². The van der Waals surface area contributed by atoms with Crippen molar-refractivity contribution in [2.45, 2.75) is 56.8 Å². The Balaban J connectivity index is 1.56. The van der Waals surface area contributed by atoms with Gasteiger partial charge in [0, 0.05) is 31.7 Å². The van der Waals surface area contributed by atoms with Crippen LogP contribution in [-0.2, 0) is 4.43 Å². The molecule has 0 aromatic heterocycles. The van der Waals surface area contributed by atoms with E-state index in [1.165, 1.54) is 10.4 Å². The summed E-state index contributed by atoms with van der Waals surface area (Å²) in [6, 6.07) is 21.5. The second-order valence-corrected chi connectivity index (χ2v) is 14.8. The molecule has 2 aliphatic heterocycles. The van der Waals surface area contributed by atoms with Crippen LogP contribution in [0.25, 0.3) is 0 Å². The summed E-state index contributed by atoms with van der Waals surface area (Å²) in [5.74, 6) is 0.442. The Bertz CT molecular complexity index is 817. The molecule has 1 N–H and O–H groups in total. The smallest absolute Gasteiger partial charge is 0.261 e. The highest BCUT2D eigenvalue weighted by Crippen LogP contribution is 2.43. The minimum absolute atomic E-state index is 0.0286.